The third-order valence-electron chi connectivity index (χ3n) is 3.77. The van der Waals surface area contributed by atoms with Crippen molar-refractivity contribution in [2.45, 2.75) is 51.8 Å². The van der Waals surface area contributed by atoms with Gasteiger partial charge in [-0.2, -0.15) is 26.3 Å². The summed E-state index contributed by atoms with van der Waals surface area (Å²) in [6, 6.07) is 4.05. The lowest BCUT2D eigenvalue weighted by molar-refractivity contribution is -0.209. The molecule has 0 saturated carbocycles. The monoisotopic (exact) mass is 444 g/mol. The minimum atomic E-state index is -5.35. The van der Waals surface area contributed by atoms with Crippen LogP contribution in [0.2, 0.25) is 0 Å². The molecule has 0 aliphatic heterocycles. The molecule has 168 valence electrons. The number of carbonyl (C=O) groups excluding carboxylic acids is 3. The molecule has 0 aliphatic rings. The molecule has 1 aromatic carbocycles. The van der Waals surface area contributed by atoms with E-state index in [9.17, 15) is 40.7 Å². The Kier molecular flexibility index (Phi) is 8.25. The smallest absolute Gasteiger partial charge is 0.460 e. The highest BCUT2D eigenvalue weighted by Crippen LogP contribution is 2.23. The average molecular weight is 444 g/mol. The van der Waals surface area contributed by atoms with Crippen LogP contribution in [-0.2, 0) is 30.3 Å². The number of benzene rings is 1. The number of rotatable bonds is 7. The number of halogens is 6. The van der Waals surface area contributed by atoms with Gasteiger partial charge >= 0.3 is 30.3 Å². The number of ether oxygens (including phenoxy) is 3. The molecule has 1 aromatic rings. The van der Waals surface area contributed by atoms with Crippen molar-refractivity contribution in [3.05, 3.63) is 29.8 Å². The summed E-state index contributed by atoms with van der Waals surface area (Å²) in [5, 5.41) is 0. The molecule has 12 heteroatoms. The van der Waals surface area contributed by atoms with Crippen molar-refractivity contribution in [2.75, 3.05) is 0 Å². The van der Waals surface area contributed by atoms with Crippen LogP contribution in [0.1, 0.15) is 26.3 Å². The molecule has 30 heavy (non-hydrogen) atoms. The van der Waals surface area contributed by atoms with E-state index in [0.29, 0.717) is 0 Å². The van der Waals surface area contributed by atoms with Crippen molar-refractivity contribution in [3.8, 4) is 5.75 Å². The van der Waals surface area contributed by atoms with E-state index in [2.05, 4.69) is 9.47 Å². The number of hydrogen-bond donors (Lipinski definition) is 0. The van der Waals surface area contributed by atoms with E-state index < -0.39 is 54.6 Å². The third kappa shape index (κ3) is 7.91. The molecule has 0 radical (unpaired) electrons. The van der Waals surface area contributed by atoms with Crippen molar-refractivity contribution >= 4 is 17.9 Å². The van der Waals surface area contributed by atoms with E-state index in [1.807, 2.05) is 0 Å². The highest BCUT2D eigenvalue weighted by Gasteiger charge is 2.44. The SMILES string of the molecule is CC(C)[C@H](C)OC(=O)[C@@H](Cc1ccc(OC(=O)C(F)(F)F)cc1)OC(=O)C(F)(F)F. The Bertz CT molecular complexity index is 754. The van der Waals surface area contributed by atoms with Crippen LogP contribution in [0, 0.1) is 5.92 Å². The highest BCUT2D eigenvalue weighted by atomic mass is 19.4. The molecule has 0 heterocycles. The van der Waals surface area contributed by atoms with E-state index >= 15 is 0 Å². The predicted molar refractivity (Wildman–Crippen MR) is 88.2 cm³/mol. The van der Waals surface area contributed by atoms with Crippen molar-refractivity contribution in [1.29, 1.82) is 0 Å². The second-order valence-electron chi connectivity index (χ2n) is 6.51. The maximum absolute atomic E-state index is 12.5. The van der Waals surface area contributed by atoms with Crippen molar-refractivity contribution in [3.63, 3.8) is 0 Å². The normalized spacial score (nSPS) is 14.1. The van der Waals surface area contributed by atoms with Gasteiger partial charge in [0.25, 0.3) is 0 Å². The Hall–Kier alpha value is -2.79. The molecular weight excluding hydrogens is 426 g/mol. The summed E-state index contributed by atoms with van der Waals surface area (Å²) in [6.45, 7) is 4.88. The minimum absolute atomic E-state index is 0.107. The van der Waals surface area contributed by atoms with Crippen molar-refractivity contribution in [2.24, 2.45) is 5.92 Å². The Balaban J connectivity index is 2.96. The van der Waals surface area contributed by atoms with Crippen molar-refractivity contribution in [1.82, 2.24) is 0 Å². The van der Waals surface area contributed by atoms with Crippen LogP contribution < -0.4 is 4.74 Å². The summed E-state index contributed by atoms with van der Waals surface area (Å²) in [5.74, 6) is -6.94. The lowest BCUT2D eigenvalue weighted by Gasteiger charge is -2.22. The summed E-state index contributed by atoms with van der Waals surface area (Å²) in [4.78, 5) is 34.1. The van der Waals surface area contributed by atoms with Crippen LogP contribution in [0.25, 0.3) is 0 Å². The predicted octanol–water partition coefficient (Wildman–Crippen LogP) is 3.76. The average Bonchev–Trinajstić information content (AvgIpc) is 2.60. The second kappa shape index (κ2) is 9.81. The molecule has 0 amide bonds. The van der Waals surface area contributed by atoms with Crippen LogP contribution in [0.5, 0.6) is 5.75 Å². The van der Waals surface area contributed by atoms with Gasteiger partial charge in [-0.25, -0.2) is 14.4 Å². The largest absolute Gasteiger partial charge is 0.491 e. The molecule has 0 saturated heterocycles. The molecular formula is C18H18F6O6. The van der Waals surface area contributed by atoms with Gasteiger partial charge in [0.1, 0.15) is 11.9 Å². The molecule has 0 aliphatic carbocycles. The minimum Gasteiger partial charge on any atom is -0.460 e. The lowest BCUT2D eigenvalue weighted by atomic mass is 10.1. The Labute approximate surface area is 167 Å². The zero-order valence-electron chi connectivity index (χ0n) is 16.0. The summed E-state index contributed by atoms with van der Waals surface area (Å²) in [5.41, 5.74) is 0.107. The Morgan fingerprint density at radius 1 is 0.833 bits per heavy atom. The first-order valence-electron chi connectivity index (χ1n) is 8.47. The van der Waals surface area contributed by atoms with E-state index in [1.54, 1.807) is 13.8 Å². The first-order chi connectivity index (χ1) is 13.6. The fraction of sp³-hybridized carbons (Fsp3) is 0.500. The van der Waals surface area contributed by atoms with Crippen LogP contribution in [0.15, 0.2) is 24.3 Å². The summed E-state index contributed by atoms with van der Waals surface area (Å²) < 4.78 is 87.4. The molecule has 0 aromatic heterocycles. The van der Waals surface area contributed by atoms with Gasteiger partial charge in [0.15, 0.2) is 0 Å². The number of hydrogen-bond acceptors (Lipinski definition) is 6. The van der Waals surface area contributed by atoms with E-state index in [1.165, 1.54) is 6.92 Å². The first-order valence-corrected chi connectivity index (χ1v) is 8.47. The molecule has 1 rings (SSSR count). The quantitative estimate of drug-likeness (QED) is 0.362. The van der Waals surface area contributed by atoms with Gasteiger partial charge in [-0.1, -0.05) is 26.0 Å². The maximum atomic E-state index is 12.5. The van der Waals surface area contributed by atoms with E-state index in [0.717, 1.165) is 24.3 Å². The number of alkyl halides is 6. The Morgan fingerprint density at radius 3 is 1.77 bits per heavy atom. The summed E-state index contributed by atoms with van der Waals surface area (Å²) in [6.07, 6.45) is -13.8. The first kappa shape index (κ1) is 25.2. The number of carbonyl (C=O) groups is 3. The molecule has 0 fully saturated rings. The standard InChI is InChI=1S/C18H18F6O6/c1-9(2)10(3)28-14(25)13(30-16(27)18(22,23)24)8-11-4-6-12(7-5-11)29-15(26)17(19,20)21/h4-7,9-10,13H,8H2,1-3H3/t10-,13+/m0/s1. The third-order valence-corrected chi connectivity index (χ3v) is 3.77. The highest BCUT2D eigenvalue weighted by molar-refractivity contribution is 5.82. The molecule has 0 unspecified atom stereocenters. The van der Waals surface area contributed by atoms with Gasteiger partial charge in [-0.3, -0.25) is 0 Å². The topological polar surface area (TPSA) is 78.9 Å². The molecule has 2 atom stereocenters. The molecule has 0 bridgehead atoms. The van der Waals surface area contributed by atoms with Gasteiger partial charge < -0.3 is 14.2 Å². The van der Waals surface area contributed by atoms with Crippen molar-refractivity contribution < 1.29 is 54.9 Å². The fourth-order valence-corrected chi connectivity index (χ4v) is 1.84. The van der Waals surface area contributed by atoms with Gasteiger partial charge in [0.05, 0.1) is 0 Å². The van der Waals surface area contributed by atoms with Crippen LogP contribution in [-0.4, -0.2) is 42.5 Å². The molecule has 0 spiro atoms. The molecule has 6 nitrogen and oxygen atoms in total. The van der Waals surface area contributed by atoms with Gasteiger partial charge in [0, 0.05) is 6.42 Å². The molecule has 0 N–H and O–H groups in total. The van der Waals surface area contributed by atoms with Crippen LogP contribution >= 0.6 is 0 Å². The lowest BCUT2D eigenvalue weighted by Crippen LogP contribution is -2.38. The van der Waals surface area contributed by atoms with Gasteiger partial charge in [-0.05, 0) is 30.5 Å². The zero-order chi connectivity index (χ0) is 23.3. The van der Waals surface area contributed by atoms with E-state index in [-0.39, 0.29) is 11.5 Å². The van der Waals surface area contributed by atoms with Gasteiger partial charge in [0.2, 0.25) is 6.10 Å². The maximum Gasteiger partial charge on any atom is 0.491 e. The zero-order valence-corrected chi connectivity index (χ0v) is 16.0. The Morgan fingerprint density at radius 2 is 1.33 bits per heavy atom. The number of esters is 3. The summed E-state index contributed by atoms with van der Waals surface area (Å²) >= 11 is 0. The summed E-state index contributed by atoms with van der Waals surface area (Å²) in [7, 11) is 0. The second-order valence-corrected chi connectivity index (χ2v) is 6.51. The van der Waals surface area contributed by atoms with Crippen LogP contribution in [0.4, 0.5) is 26.3 Å². The van der Waals surface area contributed by atoms with E-state index in [4.69, 9.17) is 4.74 Å². The van der Waals surface area contributed by atoms with Crippen LogP contribution in [0.3, 0.4) is 0 Å². The fourth-order valence-electron chi connectivity index (χ4n) is 1.84. The van der Waals surface area contributed by atoms with Gasteiger partial charge in [-0.15, -0.1) is 0 Å².